The number of fused-ring (bicyclic) bond motifs is 1. The molecule has 0 aliphatic heterocycles. The van der Waals surface area contributed by atoms with Crippen LogP contribution in [0, 0.1) is 6.92 Å². The molecule has 0 spiro atoms. The van der Waals surface area contributed by atoms with Crippen molar-refractivity contribution in [2.75, 3.05) is 7.11 Å². The van der Waals surface area contributed by atoms with Crippen LogP contribution in [0.2, 0.25) is 0 Å². The van der Waals surface area contributed by atoms with Crippen molar-refractivity contribution in [2.45, 2.75) is 85.5 Å². The van der Waals surface area contributed by atoms with Crippen LogP contribution in [0.5, 0.6) is 5.75 Å². The van der Waals surface area contributed by atoms with Crippen LogP contribution >= 0.6 is 17.0 Å². The number of benzene rings is 2. The minimum atomic E-state index is -0.826. The molecule has 0 atom stereocenters. The van der Waals surface area contributed by atoms with E-state index in [9.17, 15) is 0 Å². The second-order valence-corrected chi connectivity index (χ2v) is 15.7. The molecular formula is C29H39Cl2OZr-. The van der Waals surface area contributed by atoms with Crippen LogP contribution in [0.4, 0.5) is 0 Å². The summed E-state index contributed by atoms with van der Waals surface area (Å²) >= 11 is -0.826. The molecule has 3 rings (SSSR count). The molecule has 0 heterocycles. The van der Waals surface area contributed by atoms with Crippen LogP contribution in [0.25, 0.3) is 21.9 Å². The molecule has 0 radical (unpaired) electrons. The van der Waals surface area contributed by atoms with Crippen molar-refractivity contribution in [3.63, 3.8) is 0 Å². The number of aryl methyl sites for hydroxylation is 1. The van der Waals surface area contributed by atoms with Gasteiger partial charge in [-0.3, -0.25) is 0 Å². The van der Waals surface area contributed by atoms with E-state index < -0.39 is 20.8 Å². The molecule has 0 unspecified atom stereocenters. The first-order valence-corrected chi connectivity index (χ1v) is 17.8. The van der Waals surface area contributed by atoms with Gasteiger partial charge in [-0.2, -0.15) is 6.07 Å². The molecule has 0 saturated carbocycles. The molecule has 3 aromatic carbocycles. The summed E-state index contributed by atoms with van der Waals surface area (Å²) in [7, 11) is 11.7. The molecule has 180 valence electrons. The van der Waals surface area contributed by atoms with E-state index >= 15 is 0 Å². The Kier molecular flexibility index (Phi) is 9.10. The zero-order valence-corrected chi connectivity index (χ0v) is 26.1. The molecule has 0 aliphatic rings. The van der Waals surface area contributed by atoms with Gasteiger partial charge in [0.05, 0.1) is 7.11 Å². The summed E-state index contributed by atoms with van der Waals surface area (Å²) in [5.41, 5.74) is 7.91. The van der Waals surface area contributed by atoms with Gasteiger partial charge in [-0.25, -0.2) is 0 Å². The molecule has 0 bridgehead atoms. The van der Waals surface area contributed by atoms with Gasteiger partial charge in [0.25, 0.3) is 0 Å². The zero-order chi connectivity index (χ0) is 25.4. The van der Waals surface area contributed by atoms with Crippen molar-refractivity contribution in [2.24, 2.45) is 0 Å². The quantitative estimate of drug-likeness (QED) is 0.281. The van der Waals surface area contributed by atoms with Crippen molar-refractivity contribution in [3.05, 3.63) is 58.7 Å². The monoisotopic (exact) mass is 563 g/mol. The fourth-order valence-corrected chi connectivity index (χ4v) is 4.18. The SMILES string of the molecule is COc1c(C(C)(C)C)cc2[cH-]c(C)cc2c1-c1cc(C(C)(C)C)cc(C(C)(C)C)c1.[Cl][Zr][Cl]. The van der Waals surface area contributed by atoms with E-state index in [1.54, 1.807) is 0 Å². The van der Waals surface area contributed by atoms with Crippen LogP contribution in [-0.4, -0.2) is 7.11 Å². The standard InChI is InChI=1S/C29H39O.2ClH.Zr/c1-18-12-19-16-24(29(8,9)10)26(30-11)25(23(19)13-18)20-14-21(27(2,3)4)17-22(15-20)28(5,6)7;;;/h12-17H,1-11H3;2*1H;/q-1;;;+2/p-2. The molecule has 0 saturated heterocycles. The Bertz CT molecular complexity index is 1070. The second kappa shape index (κ2) is 10.5. The summed E-state index contributed by atoms with van der Waals surface area (Å²) in [4.78, 5) is 0. The fourth-order valence-electron chi connectivity index (χ4n) is 4.18. The normalized spacial score (nSPS) is 12.4. The third kappa shape index (κ3) is 6.71. The van der Waals surface area contributed by atoms with Gasteiger partial charge < -0.3 is 4.74 Å². The van der Waals surface area contributed by atoms with Gasteiger partial charge in [0.1, 0.15) is 5.75 Å². The van der Waals surface area contributed by atoms with Crippen LogP contribution < -0.4 is 4.74 Å². The summed E-state index contributed by atoms with van der Waals surface area (Å²) in [6.45, 7) is 22.8. The predicted molar refractivity (Wildman–Crippen MR) is 144 cm³/mol. The van der Waals surface area contributed by atoms with E-state index in [0.29, 0.717) is 0 Å². The van der Waals surface area contributed by atoms with E-state index in [4.69, 9.17) is 21.8 Å². The maximum absolute atomic E-state index is 6.13. The van der Waals surface area contributed by atoms with Crippen molar-refractivity contribution < 1.29 is 25.6 Å². The van der Waals surface area contributed by atoms with Crippen molar-refractivity contribution in [1.82, 2.24) is 0 Å². The number of hydrogen-bond acceptors (Lipinski definition) is 1. The molecule has 0 amide bonds. The van der Waals surface area contributed by atoms with Crippen LogP contribution in [0.1, 0.15) is 84.6 Å². The van der Waals surface area contributed by atoms with Crippen LogP contribution in [-0.2, 0) is 37.1 Å². The summed E-state index contributed by atoms with van der Waals surface area (Å²) in [6.07, 6.45) is 0. The van der Waals surface area contributed by atoms with Gasteiger partial charge in [0, 0.05) is 0 Å². The average Bonchev–Trinajstić information content (AvgIpc) is 3.04. The molecule has 33 heavy (non-hydrogen) atoms. The third-order valence-electron chi connectivity index (χ3n) is 6.07. The summed E-state index contributed by atoms with van der Waals surface area (Å²) in [6, 6.07) is 14.1. The maximum atomic E-state index is 6.13. The number of hydrogen-bond donors (Lipinski definition) is 0. The van der Waals surface area contributed by atoms with Gasteiger partial charge in [-0.1, -0.05) is 87.4 Å². The Morgan fingerprint density at radius 3 is 1.64 bits per heavy atom. The van der Waals surface area contributed by atoms with E-state index in [-0.39, 0.29) is 16.2 Å². The first kappa shape index (κ1) is 28.5. The Balaban J connectivity index is 0.00000122. The van der Waals surface area contributed by atoms with Crippen molar-refractivity contribution in [3.8, 4) is 16.9 Å². The van der Waals surface area contributed by atoms with E-state index in [1.165, 1.54) is 44.2 Å². The Hall–Kier alpha value is -0.687. The average molecular weight is 566 g/mol. The van der Waals surface area contributed by atoms with Crippen LogP contribution in [0.3, 0.4) is 0 Å². The van der Waals surface area contributed by atoms with Gasteiger partial charge in [0.2, 0.25) is 0 Å². The van der Waals surface area contributed by atoms with E-state index in [0.717, 1.165) is 5.75 Å². The number of halogens is 2. The summed E-state index contributed by atoms with van der Waals surface area (Å²) < 4.78 is 6.13. The fraction of sp³-hybridized carbons (Fsp3) is 0.483. The molecular weight excluding hydrogens is 526 g/mol. The molecule has 4 heteroatoms. The predicted octanol–water partition coefficient (Wildman–Crippen LogP) is 9.81. The number of rotatable bonds is 2. The zero-order valence-electron chi connectivity index (χ0n) is 22.1. The van der Waals surface area contributed by atoms with Gasteiger partial charge in [0.15, 0.2) is 0 Å². The van der Waals surface area contributed by atoms with E-state index in [2.05, 4.69) is 106 Å². The molecule has 3 aromatic rings. The Labute approximate surface area is 220 Å². The third-order valence-corrected chi connectivity index (χ3v) is 6.07. The molecule has 0 aromatic heterocycles. The first-order chi connectivity index (χ1) is 15.0. The summed E-state index contributed by atoms with van der Waals surface area (Å²) in [5.74, 6) is 1.01. The topological polar surface area (TPSA) is 9.23 Å². The van der Waals surface area contributed by atoms with Crippen LogP contribution in [0.15, 0.2) is 36.4 Å². The van der Waals surface area contributed by atoms with E-state index in [1.807, 2.05) is 7.11 Å². The second-order valence-electron chi connectivity index (χ2n) is 12.0. The number of methoxy groups -OCH3 is 1. The van der Waals surface area contributed by atoms with Crippen molar-refractivity contribution in [1.29, 1.82) is 0 Å². The van der Waals surface area contributed by atoms with Crippen molar-refractivity contribution >= 4 is 27.8 Å². The Morgan fingerprint density at radius 2 is 1.24 bits per heavy atom. The molecule has 0 aliphatic carbocycles. The minimum absolute atomic E-state index is 0.00600. The molecule has 0 N–H and O–H groups in total. The first-order valence-electron chi connectivity index (χ1n) is 11.5. The van der Waals surface area contributed by atoms with Gasteiger partial charge >= 0.3 is 37.9 Å². The summed E-state index contributed by atoms with van der Waals surface area (Å²) in [5, 5.41) is 2.58. The van der Waals surface area contributed by atoms with Gasteiger partial charge in [-0.15, -0.1) is 28.5 Å². The molecule has 1 nitrogen and oxygen atoms in total. The molecule has 0 fully saturated rings. The Morgan fingerprint density at radius 1 is 0.758 bits per heavy atom. The number of ether oxygens (including phenoxy) is 1. The van der Waals surface area contributed by atoms with Gasteiger partial charge in [-0.05, 0) is 44.1 Å².